The standard InChI is InChI=1S/C12H16BrNS/c1-10(9-15)7-14(2)8-11-3-5-12(13)6-4-11/h3-6,15H,1,7-9H2,2H3. The summed E-state index contributed by atoms with van der Waals surface area (Å²) in [5.41, 5.74) is 2.46. The monoisotopic (exact) mass is 285 g/mol. The minimum atomic E-state index is 0.755. The van der Waals surface area contributed by atoms with E-state index in [0.717, 1.165) is 28.9 Å². The molecule has 0 saturated heterocycles. The van der Waals surface area contributed by atoms with Gasteiger partial charge in [-0.1, -0.05) is 40.2 Å². The Hall–Kier alpha value is -0.250. The summed E-state index contributed by atoms with van der Waals surface area (Å²) in [5.74, 6) is 0.755. The number of benzene rings is 1. The van der Waals surface area contributed by atoms with Crippen molar-refractivity contribution >= 4 is 28.6 Å². The highest BCUT2D eigenvalue weighted by molar-refractivity contribution is 9.10. The van der Waals surface area contributed by atoms with E-state index >= 15 is 0 Å². The van der Waals surface area contributed by atoms with E-state index in [1.54, 1.807) is 0 Å². The van der Waals surface area contributed by atoms with E-state index in [4.69, 9.17) is 0 Å². The van der Waals surface area contributed by atoms with Crippen molar-refractivity contribution < 1.29 is 0 Å². The molecule has 1 aromatic carbocycles. The molecule has 82 valence electrons. The molecule has 0 aromatic heterocycles. The van der Waals surface area contributed by atoms with Gasteiger partial charge in [-0.3, -0.25) is 4.90 Å². The Balaban J connectivity index is 2.47. The molecule has 0 bridgehead atoms. The highest BCUT2D eigenvalue weighted by Crippen LogP contribution is 2.12. The fraction of sp³-hybridized carbons (Fsp3) is 0.333. The van der Waals surface area contributed by atoms with Crippen LogP contribution >= 0.6 is 28.6 Å². The second kappa shape index (κ2) is 6.36. The molecule has 0 atom stereocenters. The van der Waals surface area contributed by atoms with E-state index in [1.807, 2.05) is 0 Å². The second-order valence-corrected chi connectivity index (χ2v) is 4.94. The van der Waals surface area contributed by atoms with Gasteiger partial charge in [-0.15, -0.1) is 0 Å². The largest absolute Gasteiger partial charge is 0.298 e. The third kappa shape index (κ3) is 4.87. The molecule has 1 rings (SSSR count). The first-order valence-electron chi connectivity index (χ1n) is 4.82. The number of hydrogen-bond acceptors (Lipinski definition) is 2. The first kappa shape index (κ1) is 12.8. The lowest BCUT2D eigenvalue weighted by Gasteiger charge is -2.17. The fourth-order valence-corrected chi connectivity index (χ4v) is 1.75. The van der Waals surface area contributed by atoms with Crippen LogP contribution in [0.15, 0.2) is 40.9 Å². The normalized spacial score (nSPS) is 10.7. The summed E-state index contributed by atoms with van der Waals surface area (Å²) in [6.07, 6.45) is 0. The maximum Gasteiger partial charge on any atom is 0.0234 e. The van der Waals surface area contributed by atoms with Crippen LogP contribution in [0.5, 0.6) is 0 Å². The van der Waals surface area contributed by atoms with Crippen LogP contribution in [0, 0.1) is 0 Å². The number of nitrogens with zero attached hydrogens (tertiary/aromatic N) is 1. The van der Waals surface area contributed by atoms with E-state index in [2.05, 4.69) is 71.4 Å². The fourth-order valence-electron chi connectivity index (χ4n) is 1.39. The SMILES string of the molecule is C=C(CS)CN(C)Cc1ccc(Br)cc1. The number of halogens is 1. The molecule has 3 heteroatoms. The van der Waals surface area contributed by atoms with Gasteiger partial charge in [-0.05, 0) is 24.7 Å². The van der Waals surface area contributed by atoms with Crippen molar-refractivity contribution in [3.05, 3.63) is 46.5 Å². The molecule has 0 radical (unpaired) electrons. The van der Waals surface area contributed by atoms with Gasteiger partial charge in [0.05, 0.1) is 0 Å². The maximum atomic E-state index is 4.20. The molecule has 0 fully saturated rings. The lowest BCUT2D eigenvalue weighted by molar-refractivity contribution is 0.356. The zero-order valence-electron chi connectivity index (χ0n) is 8.91. The summed E-state index contributed by atoms with van der Waals surface area (Å²) < 4.78 is 1.12. The first-order chi connectivity index (χ1) is 7.11. The smallest absolute Gasteiger partial charge is 0.0234 e. The minimum absolute atomic E-state index is 0.755. The summed E-state index contributed by atoms with van der Waals surface area (Å²) >= 11 is 7.62. The predicted octanol–water partition coefficient (Wildman–Crippen LogP) is 3.37. The quantitative estimate of drug-likeness (QED) is 0.641. The highest BCUT2D eigenvalue weighted by Gasteiger charge is 2.01. The van der Waals surface area contributed by atoms with E-state index in [1.165, 1.54) is 5.56 Å². The van der Waals surface area contributed by atoms with E-state index in [9.17, 15) is 0 Å². The van der Waals surface area contributed by atoms with Crippen molar-refractivity contribution in [1.82, 2.24) is 4.90 Å². The van der Waals surface area contributed by atoms with Crippen LogP contribution in [0.1, 0.15) is 5.56 Å². The number of likely N-dealkylation sites (N-methyl/N-ethyl adjacent to an activating group) is 1. The molecule has 0 amide bonds. The zero-order valence-corrected chi connectivity index (χ0v) is 11.4. The molecule has 1 nitrogen and oxygen atoms in total. The van der Waals surface area contributed by atoms with Crippen molar-refractivity contribution in [3.8, 4) is 0 Å². The Morgan fingerprint density at radius 1 is 1.40 bits per heavy atom. The van der Waals surface area contributed by atoms with Crippen molar-refractivity contribution in [2.75, 3.05) is 19.3 Å². The molecule has 0 unspecified atom stereocenters. The van der Waals surface area contributed by atoms with Crippen LogP contribution in [0.4, 0.5) is 0 Å². The van der Waals surface area contributed by atoms with Crippen LogP contribution in [0.2, 0.25) is 0 Å². The first-order valence-corrected chi connectivity index (χ1v) is 6.25. The average Bonchev–Trinajstić information content (AvgIpc) is 2.21. The number of rotatable bonds is 5. The third-order valence-corrected chi connectivity index (χ3v) is 3.06. The van der Waals surface area contributed by atoms with Gasteiger partial charge < -0.3 is 0 Å². The van der Waals surface area contributed by atoms with E-state index < -0.39 is 0 Å². The minimum Gasteiger partial charge on any atom is -0.298 e. The Bertz CT molecular complexity index is 321. The summed E-state index contributed by atoms with van der Waals surface area (Å²) in [7, 11) is 2.09. The molecule has 0 saturated carbocycles. The number of thiol groups is 1. The predicted molar refractivity (Wildman–Crippen MR) is 73.5 cm³/mol. The lowest BCUT2D eigenvalue weighted by Crippen LogP contribution is -2.20. The molecule has 15 heavy (non-hydrogen) atoms. The molecule has 1 aromatic rings. The Morgan fingerprint density at radius 2 is 2.00 bits per heavy atom. The zero-order chi connectivity index (χ0) is 11.3. The molecular formula is C12H16BrNS. The summed E-state index contributed by atoms with van der Waals surface area (Å²) in [4.78, 5) is 2.24. The van der Waals surface area contributed by atoms with Crippen LogP contribution in [0.3, 0.4) is 0 Å². The number of hydrogen-bond donors (Lipinski definition) is 1. The molecule has 0 aliphatic carbocycles. The molecule has 0 aliphatic heterocycles. The van der Waals surface area contributed by atoms with Gasteiger partial charge in [0.1, 0.15) is 0 Å². The van der Waals surface area contributed by atoms with Crippen molar-refractivity contribution in [1.29, 1.82) is 0 Å². The third-order valence-electron chi connectivity index (χ3n) is 2.08. The highest BCUT2D eigenvalue weighted by atomic mass is 79.9. The van der Waals surface area contributed by atoms with Crippen molar-refractivity contribution in [2.24, 2.45) is 0 Å². The molecule has 0 heterocycles. The van der Waals surface area contributed by atoms with Gasteiger partial charge in [0.15, 0.2) is 0 Å². The maximum absolute atomic E-state index is 4.20. The van der Waals surface area contributed by atoms with Crippen LogP contribution in [-0.4, -0.2) is 24.2 Å². The molecule has 0 aliphatic rings. The summed E-state index contributed by atoms with van der Waals surface area (Å²) in [6, 6.07) is 8.39. The topological polar surface area (TPSA) is 3.24 Å². The second-order valence-electron chi connectivity index (χ2n) is 3.71. The summed E-state index contributed by atoms with van der Waals surface area (Å²) in [6.45, 7) is 5.79. The average molecular weight is 286 g/mol. The van der Waals surface area contributed by atoms with Crippen molar-refractivity contribution in [2.45, 2.75) is 6.54 Å². The summed E-state index contributed by atoms with van der Waals surface area (Å²) in [5, 5.41) is 0. The van der Waals surface area contributed by atoms with Gasteiger partial charge in [-0.25, -0.2) is 0 Å². The lowest BCUT2D eigenvalue weighted by atomic mass is 10.2. The van der Waals surface area contributed by atoms with Crippen molar-refractivity contribution in [3.63, 3.8) is 0 Å². The van der Waals surface area contributed by atoms with Gasteiger partial charge >= 0.3 is 0 Å². The van der Waals surface area contributed by atoms with Crippen LogP contribution < -0.4 is 0 Å². The Morgan fingerprint density at radius 3 is 2.53 bits per heavy atom. The van der Waals surface area contributed by atoms with E-state index in [-0.39, 0.29) is 0 Å². The Kier molecular flexibility index (Phi) is 5.43. The van der Waals surface area contributed by atoms with Gasteiger partial charge in [0, 0.05) is 23.3 Å². The Labute approximate surface area is 106 Å². The molecule has 0 spiro atoms. The van der Waals surface area contributed by atoms with Crippen LogP contribution in [-0.2, 0) is 6.54 Å². The van der Waals surface area contributed by atoms with Gasteiger partial charge in [0.25, 0.3) is 0 Å². The van der Waals surface area contributed by atoms with Gasteiger partial charge in [-0.2, -0.15) is 12.6 Å². The molecular weight excluding hydrogens is 270 g/mol. The van der Waals surface area contributed by atoms with E-state index in [0.29, 0.717) is 0 Å². The van der Waals surface area contributed by atoms with Gasteiger partial charge in [0.2, 0.25) is 0 Å². The molecule has 0 N–H and O–H groups in total. The van der Waals surface area contributed by atoms with Crippen LogP contribution in [0.25, 0.3) is 0 Å².